The van der Waals surface area contributed by atoms with Crippen LogP contribution in [-0.2, 0) is 15.3 Å². The van der Waals surface area contributed by atoms with Crippen LogP contribution in [0.15, 0.2) is 64.3 Å². The molecular weight excluding hydrogens is 331 g/mol. The van der Waals surface area contributed by atoms with E-state index in [1.54, 1.807) is 36.4 Å². The zero-order valence-corrected chi connectivity index (χ0v) is 13.6. The van der Waals surface area contributed by atoms with Gasteiger partial charge in [0.15, 0.2) is 0 Å². The molecule has 2 aromatic rings. The Hall–Kier alpha value is -2.21. The highest BCUT2D eigenvalue weighted by atomic mass is 31.2. The second-order valence-electron chi connectivity index (χ2n) is 5.63. The molecule has 3 atom stereocenters. The SMILES string of the molecule is O=c1ccn(C2C=CC(OP(=O)(O)Cc3ccccc3)C2)c(=O)[nH]1. The summed E-state index contributed by atoms with van der Waals surface area (Å²) in [5, 5.41) is 0. The molecule has 8 heteroatoms. The Kier molecular flexibility index (Phi) is 4.66. The summed E-state index contributed by atoms with van der Waals surface area (Å²) in [6.45, 7) is 0. The predicted octanol–water partition coefficient (Wildman–Crippen LogP) is 1.81. The van der Waals surface area contributed by atoms with Crippen LogP contribution in [-0.4, -0.2) is 20.5 Å². The molecule has 1 aromatic carbocycles. The predicted molar refractivity (Wildman–Crippen MR) is 89.0 cm³/mol. The van der Waals surface area contributed by atoms with Crippen molar-refractivity contribution in [3.05, 3.63) is 81.1 Å². The normalized spacial score (nSPS) is 22.4. The van der Waals surface area contributed by atoms with Gasteiger partial charge in [-0.3, -0.25) is 18.9 Å². The lowest BCUT2D eigenvalue weighted by Gasteiger charge is -2.18. The zero-order chi connectivity index (χ0) is 17.2. The molecule has 24 heavy (non-hydrogen) atoms. The molecule has 1 heterocycles. The van der Waals surface area contributed by atoms with Crippen molar-refractivity contribution >= 4 is 7.60 Å². The summed E-state index contributed by atoms with van der Waals surface area (Å²) in [6, 6.07) is 9.89. The van der Waals surface area contributed by atoms with Crippen LogP contribution in [0.25, 0.3) is 0 Å². The van der Waals surface area contributed by atoms with Crippen LogP contribution in [0.4, 0.5) is 0 Å². The summed E-state index contributed by atoms with van der Waals surface area (Å²) in [6.07, 6.45) is 4.52. The Bertz CT molecular complexity index is 902. The third-order valence-corrected chi connectivity index (χ3v) is 5.12. The Balaban J connectivity index is 1.66. The molecule has 2 N–H and O–H groups in total. The lowest BCUT2D eigenvalue weighted by molar-refractivity contribution is 0.200. The van der Waals surface area contributed by atoms with Crippen molar-refractivity contribution in [2.24, 2.45) is 0 Å². The third-order valence-electron chi connectivity index (χ3n) is 3.76. The van der Waals surface area contributed by atoms with Crippen LogP contribution in [0.1, 0.15) is 18.0 Å². The Morgan fingerprint density at radius 3 is 2.67 bits per heavy atom. The Morgan fingerprint density at radius 2 is 1.96 bits per heavy atom. The molecule has 1 aliphatic carbocycles. The first kappa shape index (κ1) is 16.6. The number of rotatable bonds is 5. The minimum Gasteiger partial charge on any atom is -0.324 e. The second kappa shape index (κ2) is 6.73. The third kappa shape index (κ3) is 4.00. The van der Waals surface area contributed by atoms with Gasteiger partial charge in [-0.15, -0.1) is 0 Å². The van der Waals surface area contributed by atoms with E-state index in [1.807, 2.05) is 6.07 Å². The highest BCUT2D eigenvalue weighted by Crippen LogP contribution is 2.48. The number of hydrogen-bond acceptors (Lipinski definition) is 4. The zero-order valence-electron chi connectivity index (χ0n) is 12.7. The highest BCUT2D eigenvalue weighted by Gasteiger charge is 2.29. The van der Waals surface area contributed by atoms with Gasteiger partial charge in [-0.25, -0.2) is 4.79 Å². The number of nitrogens with one attached hydrogen (secondary N) is 1. The van der Waals surface area contributed by atoms with E-state index in [1.165, 1.54) is 16.8 Å². The summed E-state index contributed by atoms with van der Waals surface area (Å²) in [5.74, 6) is 0. The fourth-order valence-electron chi connectivity index (χ4n) is 2.68. The molecular formula is C16H17N2O5P. The molecule has 126 valence electrons. The molecule has 0 amide bonds. The van der Waals surface area contributed by atoms with E-state index in [0.717, 1.165) is 5.56 Å². The summed E-state index contributed by atoms with van der Waals surface area (Å²) >= 11 is 0. The van der Waals surface area contributed by atoms with Crippen molar-refractivity contribution in [1.82, 2.24) is 9.55 Å². The first-order valence-electron chi connectivity index (χ1n) is 7.47. The Labute approximate surface area is 137 Å². The first-order chi connectivity index (χ1) is 11.4. The molecule has 0 aliphatic heterocycles. The molecule has 3 unspecified atom stereocenters. The molecule has 0 spiro atoms. The van der Waals surface area contributed by atoms with E-state index in [-0.39, 0.29) is 12.2 Å². The number of nitrogens with zero attached hydrogens (tertiary/aromatic N) is 1. The average Bonchev–Trinajstić information content (AvgIpc) is 2.95. The summed E-state index contributed by atoms with van der Waals surface area (Å²) in [4.78, 5) is 35.1. The van der Waals surface area contributed by atoms with Gasteiger partial charge in [-0.2, -0.15) is 0 Å². The summed E-state index contributed by atoms with van der Waals surface area (Å²) in [5.41, 5.74) is -0.262. The fraction of sp³-hybridized carbons (Fsp3) is 0.250. The van der Waals surface area contributed by atoms with Crippen LogP contribution in [0.2, 0.25) is 0 Å². The summed E-state index contributed by atoms with van der Waals surface area (Å²) in [7, 11) is -3.80. The van der Waals surface area contributed by atoms with E-state index in [2.05, 4.69) is 4.98 Å². The molecule has 7 nitrogen and oxygen atoms in total. The van der Waals surface area contributed by atoms with Gasteiger partial charge in [0.1, 0.15) is 0 Å². The van der Waals surface area contributed by atoms with Gasteiger partial charge in [0, 0.05) is 18.7 Å². The number of benzene rings is 1. The second-order valence-corrected chi connectivity index (χ2v) is 7.43. The lowest BCUT2D eigenvalue weighted by atomic mass is 10.2. The smallest absolute Gasteiger partial charge is 0.324 e. The van der Waals surface area contributed by atoms with E-state index >= 15 is 0 Å². The standard InChI is InChI=1S/C16H17N2O5P/c19-15-8-9-18(16(20)17-15)13-6-7-14(10-13)23-24(21,22)11-12-4-2-1-3-5-12/h1-9,13-14H,10-11H2,(H,21,22)(H,17,19,20). The van der Waals surface area contributed by atoms with Gasteiger partial charge in [0.25, 0.3) is 5.56 Å². The van der Waals surface area contributed by atoms with Crippen LogP contribution >= 0.6 is 7.60 Å². The van der Waals surface area contributed by atoms with Crippen molar-refractivity contribution < 1.29 is 14.0 Å². The molecule has 0 bridgehead atoms. The molecule has 0 saturated heterocycles. The first-order valence-corrected chi connectivity index (χ1v) is 9.23. The van der Waals surface area contributed by atoms with Gasteiger partial charge in [0.2, 0.25) is 0 Å². The number of H-pyrrole nitrogens is 1. The maximum atomic E-state index is 12.3. The van der Waals surface area contributed by atoms with Crippen LogP contribution in [0.5, 0.6) is 0 Å². The topological polar surface area (TPSA) is 101 Å². The molecule has 0 fully saturated rings. The van der Waals surface area contributed by atoms with Crippen LogP contribution in [0.3, 0.4) is 0 Å². The highest BCUT2D eigenvalue weighted by molar-refractivity contribution is 7.52. The average molecular weight is 348 g/mol. The molecule has 0 radical (unpaired) electrons. The number of aromatic amines is 1. The number of allylic oxidation sites excluding steroid dienone is 1. The molecule has 1 aromatic heterocycles. The van der Waals surface area contributed by atoms with Crippen molar-refractivity contribution in [3.63, 3.8) is 0 Å². The fourth-order valence-corrected chi connectivity index (χ4v) is 4.01. The quantitative estimate of drug-likeness (QED) is 0.634. The Morgan fingerprint density at radius 1 is 1.21 bits per heavy atom. The largest absolute Gasteiger partial charge is 0.333 e. The van der Waals surface area contributed by atoms with Gasteiger partial charge in [0.05, 0.1) is 18.3 Å². The van der Waals surface area contributed by atoms with E-state index in [4.69, 9.17) is 4.52 Å². The van der Waals surface area contributed by atoms with E-state index < -0.39 is 24.9 Å². The van der Waals surface area contributed by atoms with Gasteiger partial charge < -0.3 is 9.42 Å². The monoisotopic (exact) mass is 348 g/mol. The van der Waals surface area contributed by atoms with Gasteiger partial charge >= 0.3 is 13.3 Å². The maximum absolute atomic E-state index is 12.3. The molecule has 0 saturated carbocycles. The minimum absolute atomic E-state index is 0.0680. The van der Waals surface area contributed by atoms with E-state index in [0.29, 0.717) is 6.42 Å². The molecule has 3 rings (SSSR count). The minimum atomic E-state index is -3.80. The van der Waals surface area contributed by atoms with Crippen molar-refractivity contribution in [2.45, 2.75) is 24.7 Å². The van der Waals surface area contributed by atoms with Crippen molar-refractivity contribution in [1.29, 1.82) is 0 Å². The summed E-state index contributed by atoms with van der Waals surface area (Å²) < 4.78 is 19.0. The van der Waals surface area contributed by atoms with Crippen molar-refractivity contribution in [2.75, 3.05) is 0 Å². The van der Waals surface area contributed by atoms with Crippen LogP contribution in [0, 0.1) is 0 Å². The van der Waals surface area contributed by atoms with Gasteiger partial charge in [-0.05, 0) is 5.56 Å². The molecule has 1 aliphatic rings. The number of aromatic nitrogens is 2. The number of hydrogen-bond donors (Lipinski definition) is 2. The van der Waals surface area contributed by atoms with Crippen LogP contribution < -0.4 is 11.2 Å². The van der Waals surface area contributed by atoms with Crippen molar-refractivity contribution in [3.8, 4) is 0 Å². The van der Waals surface area contributed by atoms with E-state index in [9.17, 15) is 19.0 Å². The maximum Gasteiger partial charge on any atom is 0.333 e. The van der Waals surface area contributed by atoms with Gasteiger partial charge in [-0.1, -0.05) is 42.5 Å². The lowest BCUT2D eigenvalue weighted by Crippen LogP contribution is -2.30.